The second-order valence-electron chi connectivity index (χ2n) is 5.35. The highest BCUT2D eigenvalue weighted by Gasteiger charge is 2.13. The molecule has 0 aromatic heterocycles. The Labute approximate surface area is 125 Å². The summed E-state index contributed by atoms with van der Waals surface area (Å²) < 4.78 is 18.3. The molecular weight excluding hydrogens is 271 g/mol. The maximum absolute atomic E-state index is 12.7. The molecule has 0 saturated carbocycles. The smallest absolute Gasteiger partial charge is 0.233 e. The normalized spacial score (nSPS) is 18.4. The molecule has 1 aromatic rings. The third kappa shape index (κ3) is 6.23. The van der Waals surface area contributed by atoms with E-state index < -0.39 is 0 Å². The van der Waals surface area contributed by atoms with Gasteiger partial charge in [-0.2, -0.15) is 0 Å². The van der Waals surface area contributed by atoms with E-state index >= 15 is 0 Å². The first-order valence-electron chi connectivity index (χ1n) is 7.57. The van der Waals surface area contributed by atoms with Crippen LogP contribution in [0.3, 0.4) is 0 Å². The van der Waals surface area contributed by atoms with Crippen LogP contribution in [0.2, 0.25) is 0 Å². The summed E-state index contributed by atoms with van der Waals surface area (Å²) in [5.74, 6) is -0.259. The summed E-state index contributed by atoms with van der Waals surface area (Å²) in [5.41, 5.74) is 1.01. The summed E-state index contributed by atoms with van der Waals surface area (Å²) in [6, 6.07) is 6.34. The minimum atomic E-state index is -0.239. The number of halogens is 1. The van der Waals surface area contributed by atoms with E-state index in [1.165, 1.54) is 18.6 Å². The molecule has 4 nitrogen and oxygen atoms in total. The first-order valence-corrected chi connectivity index (χ1v) is 7.57. The molecule has 116 valence electrons. The van der Waals surface area contributed by atoms with Gasteiger partial charge in [0, 0.05) is 19.7 Å². The lowest BCUT2D eigenvalue weighted by Gasteiger charge is -2.22. The Morgan fingerprint density at radius 2 is 2.10 bits per heavy atom. The minimum absolute atomic E-state index is 0.0204. The van der Waals surface area contributed by atoms with Crippen molar-refractivity contribution in [2.24, 2.45) is 0 Å². The molecule has 1 aromatic carbocycles. The van der Waals surface area contributed by atoms with Crippen LogP contribution in [0.25, 0.3) is 0 Å². The number of carbonyl (C=O) groups is 1. The van der Waals surface area contributed by atoms with Gasteiger partial charge in [0.2, 0.25) is 5.91 Å². The minimum Gasteiger partial charge on any atom is -0.377 e. The molecule has 1 atom stereocenters. The molecule has 1 heterocycles. The molecular formula is C16H23FN2O2. The van der Waals surface area contributed by atoms with Crippen LogP contribution in [0.1, 0.15) is 24.8 Å². The fourth-order valence-electron chi connectivity index (χ4n) is 2.37. The van der Waals surface area contributed by atoms with Gasteiger partial charge in [-0.15, -0.1) is 0 Å². The number of hydrogen-bond donors (Lipinski definition) is 2. The first-order chi connectivity index (χ1) is 10.2. The van der Waals surface area contributed by atoms with E-state index in [4.69, 9.17) is 4.74 Å². The van der Waals surface area contributed by atoms with Gasteiger partial charge in [0.25, 0.3) is 0 Å². The predicted molar refractivity (Wildman–Crippen MR) is 79.6 cm³/mol. The molecule has 0 aliphatic carbocycles. The second kappa shape index (κ2) is 8.74. The van der Waals surface area contributed by atoms with E-state index in [0.29, 0.717) is 19.5 Å². The lowest BCUT2D eigenvalue weighted by molar-refractivity contribution is -0.120. The maximum Gasteiger partial charge on any atom is 0.233 e. The van der Waals surface area contributed by atoms with Crippen molar-refractivity contribution >= 4 is 5.91 Å². The van der Waals surface area contributed by atoms with Crippen LogP contribution in [0.15, 0.2) is 24.3 Å². The zero-order valence-electron chi connectivity index (χ0n) is 12.2. The van der Waals surface area contributed by atoms with E-state index in [-0.39, 0.29) is 17.8 Å². The number of amides is 1. The van der Waals surface area contributed by atoms with Gasteiger partial charge >= 0.3 is 0 Å². The summed E-state index contributed by atoms with van der Waals surface area (Å²) in [7, 11) is 0. The monoisotopic (exact) mass is 294 g/mol. The van der Waals surface area contributed by atoms with Gasteiger partial charge in [-0.05, 0) is 43.4 Å². The van der Waals surface area contributed by atoms with Crippen molar-refractivity contribution in [2.75, 3.05) is 26.2 Å². The molecule has 2 rings (SSSR count). The highest BCUT2D eigenvalue weighted by Crippen LogP contribution is 2.11. The summed E-state index contributed by atoms with van der Waals surface area (Å²) in [6.45, 7) is 2.43. The Bertz CT molecular complexity index is 430. The van der Waals surface area contributed by atoms with Gasteiger partial charge in [0.15, 0.2) is 0 Å². The van der Waals surface area contributed by atoms with Gasteiger partial charge in [-0.25, -0.2) is 4.39 Å². The summed E-state index contributed by atoms with van der Waals surface area (Å²) in [6.07, 6.45) is 4.36. The first kappa shape index (κ1) is 15.9. The van der Waals surface area contributed by atoms with Crippen molar-refractivity contribution in [3.05, 3.63) is 35.6 Å². The maximum atomic E-state index is 12.7. The van der Waals surface area contributed by atoms with Gasteiger partial charge in [0.05, 0.1) is 12.6 Å². The molecule has 1 amide bonds. The number of ether oxygens (including phenoxy) is 1. The van der Waals surface area contributed by atoms with E-state index in [2.05, 4.69) is 10.6 Å². The van der Waals surface area contributed by atoms with Crippen LogP contribution < -0.4 is 10.6 Å². The average molecular weight is 294 g/mol. The fraction of sp³-hybridized carbons (Fsp3) is 0.562. The third-order valence-corrected chi connectivity index (χ3v) is 3.58. The lowest BCUT2D eigenvalue weighted by atomic mass is 10.1. The Hall–Kier alpha value is -1.46. The Morgan fingerprint density at radius 1 is 1.29 bits per heavy atom. The largest absolute Gasteiger partial charge is 0.377 e. The molecule has 0 unspecified atom stereocenters. The number of hydrogen-bond acceptors (Lipinski definition) is 3. The molecule has 21 heavy (non-hydrogen) atoms. The van der Waals surface area contributed by atoms with E-state index in [1.54, 1.807) is 12.1 Å². The predicted octanol–water partition coefficient (Wildman–Crippen LogP) is 1.64. The number of nitrogens with one attached hydrogen (secondary N) is 2. The molecule has 1 aliphatic heterocycles. The topological polar surface area (TPSA) is 50.4 Å². The molecule has 0 radical (unpaired) electrons. The second-order valence-corrected chi connectivity index (χ2v) is 5.35. The van der Waals surface area contributed by atoms with Gasteiger partial charge in [-0.3, -0.25) is 4.79 Å². The molecule has 0 spiro atoms. The van der Waals surface area contributed by atoms with Crippen LogP contribution in [0, 0.1) is 5.82 Å². The highest BCUT2D eigenvalue weighted by molar-refractivity contribution is 5.77. The van der Waals surface area contributed by atoms with Gasteiger partial charge < -0.3 is 15.4 Å². The van der Waals surface area contributed by atoms with Crippen molar-refractivity contribution in [1.29, 1.82) is 0 Å². The third-order valence-electron chi connectivity index (χ3n) is 3.58. The Kier molecular flexibility index (Phi) is 6.63. The van der Waals surface area contributed by atoms with Crippen LogP contribution >= 0.6 is 0 Å². The molecule has 1 aliphatic rings. The van der Waals surface area contributed by atoms with E-state index in [0.717, 1.165) is 31.6 Å². The lowest BCUT2D eigenvalue weighted by Crippen LogP contribution is -2.39. The van der Waals surface area contributed by atoms with Gasteiger partial charge in [0.1, 0.15) is 5.82 Å². The van der Waals surface area contributed by atoms with Crippen LogP contribution in [-0.4, -0.2) is 38.3 Å². The van der Waals surface area contributed by atoms with E-state index in [9.17, 15) is 9.18 Å². The van der Waals surface area contributed by atoms with Crippen LogP contribution in [0.4, 0.5) is 4.39 Å². The number of rotatable bonds is 7. The van der Waals surface area contributed by atoms with Crippen molar-refractivity contribution < 1.29 is 13.9 Å². The SMILES string of the molecule is O=C(CNC[C@H]1CCCCO1)NCCc1ccc(F)cc1. The van der Waals surface area contributed by atoms with Crippen molar-refractivity contribution in [3.63, 3.8) is 0 Å². The van der Waals surface area contributed by atoms with Crippen molar-refractivity contribution in [2.45, 2.75) is 31.8 Å². The zero-order chi connectivity index (χ0) is 14.9. The van der Waals surface area contributed by atoms with Crippen LogP contribution in [0.5, 0.6) is 0 Å². The molecule has 0 bridgehead atoms. The quantitative estimate of drug-likeness (QED) is 0.804. The van der Waals surface area contributed by atoms with Gasteiger partial charge in [-0.1, -0.05) is 12.1 Å². The average Bonchev–Trinajstić information content (AvgIpc) is 2.50. The number of carbonyl (C=O) groups excluding carboxylic acids is 1. The number of benzene rings is 1. The molecule has 1 fully saturated rings. The Morgan fingerprint density at radius 3 is 2.81 bits per heavy atom. The molecule has 1 saturated heterocycles. The summed E-state index contributed by atoms with van der Waals surface area (Å²) in [5, 5.41) is 5.97. The molecule has 2 N–H and O–H groups in total. The van der Waals surface area contributed by atoms with Crippen LogP contribution in [-0.2, 0) is 16.0 Å². The fourth-order valence-corrected chi connectivity index (χ4v) is 2.37. The highest BCUT2D eigenvalue weighted by atomic mass is 19.1. The summed E-state index contributed by atoms with van der Waals surface area (Å²) in [4.78, 5) is 11.7. The van der Waals surface area contributed by atoms with Crippen molar-refractivity contribution in [3.8, 4) is 0 Å². The standard InChI is InChI=1S/C16H23FN2O2/c17-14-6-4-13(5-7-14)8-9-19-16(20)12-18-11-15-3-1-2-10-21-15/h4-7,15,18H,1-3,8-12H2,(H,19,20)/t15-/m1/s1. The molecule has 5 heteroatoms. The zero-order valence-corrected chi connectivity index (χ0v) is 12.2. The van der Waals surface area contributed by atoms with E-state index in [1.807, 2.05) is 0 Å². The van der Waals surface area contributed by atoms with Crippen molar-refractivity contribution in [1.82, 2.24) is 10.6 Å². The summed E-state index contributed by atoms with van der Waals surface area (Å²) >= 11 is 0. The Balaban J connectivity index is 1.54.